The van der Waals surface area contributed by atoms with Gasteiger partial charge >= 0.3 is 0 Å². The molecule has 0 aromatic heterocycles. The summed E-state index contributed by atoms with van der Waals surface area (Å²) in [6, 6.07) is 24.3. The van der Waals surface area contributed by atoms with Crippen molar-refractivity contribution in [1.29, 1.82) is 0 Å². The fourth-order valence-electron chi connectivity index (χ4n) is 3.61. The van der Waals surface area contributed by atoms with Crippen LogP contribution in [0.5, 0.6) is 0 Å². The van der Waals surface area contributed by atoms with Crippen LogP contribution in [0.1, 0.15) is 12.8 Å². The maximum atomic E-state index is 12.7. The Labute approximate surface area is 183 Å². The van der Waals surface area contributed by atoms with Gasteiger partial charge in [0.15, 0.2) is 0 Å². The standard InChI is InChI=1S/C24H25N3O3S/c28-24(26-21-13-11-20(12-14-21)19-7-2-1-3-8-19)18-25-22-9-6-10-23(17-22)31(29,30)27-15-4-5-16-27/h1-3,6-14,17,25H,4-5,15-16,18H2,(H,26,28). The molecule has 7 heteroatoms. The van der Waals surface area contributed by atoms with Gasteiger partial charge in [0.05, 0.1) is 11.4 Å². The Morgan fingerprint density at radius 3 is 2.19 bits per heavy atom. The van der Waals surface area contributed by atoms with Gasteiger partial charge in [-0.3, -0.25) is 4.79 Å². The van der Waals surface area contributed by atoms with Crippen LogP contribution in [0.2, 0.25) is 0 Å². The average Bonchev–Trinajstić information content (AvgIpc) is 3.35. The Hall–Kier alpha value is -3.16. The van der Waals surface area contributed by atoms with Crippen molar-refractivity contribution in [3.8, 4) is 11.1 Å². The third-order valence-electron chi connectivity index (χ3n) is 5.27. The van der Waals surface area contributed by atoms with Crippen molar-refractivity contribution in [3.63, 3.8) is 0 Å². The highest BCUT2D eigenvalue weighted by atomic mass is 32.2. The van der Waals surface area contributed by atoms with Crippen LogP contribution in [-0.2, 0) is 14.8 Å². The summed E-state index contributed by atoms with van der Waals surface area (Å²) in [5.41, 5.74) is 3.49. The van der Waals surface area contributed by atoms with Gasteiger partial charge in [-0.15, -0.1) is 0 Å². The first-order valence-electron chi connectivity index (χ1n) is 10.3. The quantitative estimate of drug-likeness (QED) is 0.583. The minimum absolute atomic E-state index is 0.0354. The average molecular weight is 436 g/mol. The molecule has 3 aromatic carbocycles. The molecule has 4 rings (SSSR count). The van der Waals surface area contributed by atoms with Gasteiger partial charge in [-0.2, -0.15) is 4.31 Å². The van der Waals surface area contributed by atoms with E-state index in [1.807, 2.05) is 54.6 Å². The van der Waals surface area contributed by atoms with Crippen molar-refractivity contribution >= 4 is 27.3 Å². The molecule has 1 fully saturated rings. The summed E-state index contributed by atoms with van der Waals surface area (Å²) >= 11 is 0. The molecule has 31 heavy (non-hydrogen) atoms. The molecule has 0 atom stereocenters. The van der Waals surface area contributed by atoms with Gasteiger partial charge in [-0.25, -0.2) is 8.42 Å². The largest absolute Gasteiger partial charge is 0.376 e. The van der Waals surface area contributed by atoms with Crippen LogP contribution in [0.4, 0.5) is 11.4 Å². The first-order valence-corrected chi connectivity index (χ1v) is 11.8. The normalized spacial score (nSPS) is 14.3. The first-order chi connectivity index (χ1) is 15.0. The molecular formula is C24H25N3O3S. The number of hydrogen-bond donors (Lipinski definition) is 2. The summed E-state index contributed by atoms with van der Waals surface area (Å²) in [5.74, 6) is -0.208. The molecule has 1 heterocycles. The molecule has 0 saturated carbocycles. The predicted octanol–water partition coefficient (Wildman–Crippen LogP) is 4.19. The van der Waals surface area contributed by atoms with Crippen molar-refractivity contribution in [1.82, 2.24) is 4.31 Å². The number of carbonyl (C=O) groups excluding carboxylic acids is 1. The smallest absolute Gasteiger partial charge is 0.243 e. The van der Waals surface area contributed by atoms with Crippen molar-refractivity contribution in [2.45, 2.75) is 17.7 Å². The van der Waals surface area contributed by atoms with Crippen LogP contribution >= 0.6 is 0 Å². The van der Waals surface area contributed by atoms with E-state index in [1.165, 1.54) is 4.31 Å². The van der Waals surface area contributed by atoms with E-state index in [9.17, 15) is 13.2 Å². The lowest BCUT2D eigenvalue weighted by Gasteiger charge is -2.16. The van der Waals surface area contributed by atoms with E-state index < -0.39 is 10.0 Å². The van der Waals surface area contributed by atoms with Crippen LogP contribution < -0.4 is 10.6 Å². The fraction of sp³-hybridized carbons (Fsp3) is 0.208. The molecular weight excluding hydrogens is 410 g/mol. The molecule has 1 aliphatic heterocycles. The molecule has 1 aliphatic rings. The second-order valence-electron chi connectivity index (χ2n) is 7.48. The minimum atomic E-state index is -3.48. The molecule has 6 nitrogen and oxygen atoms in total. The van der Waals surface area contributed by atoms with Crippen molar-refractivity contribution < 1.29 is 13.2 Å². The highest BCUT2D eigenvalue weighted by molar-refractivity contribution is 7.89. The van der Waals surface area contributed by atoms with E-state index in [2.05, 4.69) is 10.6 Å². The van der Waals surface area contributed by atoms with E-state index in [0.717, 1.165) is 24.0 Å². The van der Waals surface area contributed by atoms with E-state index in [1.54, 1.807) is 24.3 Å². The maximum absolute atomic E-state index is 12.7. The lowest BCUT2D eigenvalue weighted by atomic mass is 10.1. The van der Waals surface area contributed by atoms with Crippen molar-refractivity contribution in [2.24, 2.45) is 0 Å². The number of sulfonamides is 1. The molecule has 0 unspecified atom stereocenters. The molecule has 1 saturated heterocycles. The number of nitrogens with zero attached hydrogens (tertiary/aromatic N) is 1. The fourth-order valence-corrected chi connectivity index (χ4v) is 5.17. The van der Waals surface area contributed by atoms with Crippen LogP contribution in [-0.4, -0.2) is 38.3 Å². The van der Waals surface area contributed by atoms with Gasteiger partial charge in [-0.05, 0) is 54.3 Å². The molecule has 0 bridgehead atoms. The number of nitrogens with one attached hydrogen (secondary N) is 2. The Kier molecular flexibility index (Phi) is 6.34. The Balaban J connectivity index is 1.35. The van der Waals surface area contributed by atoms with Crippen LogP contribution in [0.15, 0.2) is 83.8 Å². The van der Waals surface area contributed by atoms with E-state index in [0.29, 0.717) is 24.5 Å². The molecule has 0 aliphatic carbocycles. The van der Waals surface area contributed by atoms with Crippen LogP contribution in [0.25, 0.3) is 11.1 Å². The molecule has 2 N–H and O–H groups in total. The lowest BCUT2D eigenvalue weighted by Crippen LogP contribution is -2.28. The number of amides is 1. The number of benzene rings is 3. The SMILES string of the molecule is O=C(CNc1cccc(S(=O)(=O)N2CCCC2)c1)Nc1ccc(-c2ccccc2)cc1. The topological polar surface area (TPSA) is 78.5 Å². The highest BCUT2D eigenvalue weighted by Gasteiger charge is 2.27. The Morgan fingerprint density at radius 2 is 1.48 bits per heavy atom. The molecule has 160 valence electrons. The minimum Gasteiger partial charge on any atom is -0.376 e. The monoisotopic (exact) mass is 435 g/mol. The van der Waals surface area contributed by atoms with Gasteiger partial charge < -0.3 is 10.6 Å². The number of hydrogen-bond acceptors (Lipinski definition) is 4. The zero-order chi connectivity index (χ0) is 21.7. The van der Waals surface area contributed by atoms with Gasteiger partial charge in [0.1, 0.15) is 0 Å². The summed E-state index contributed by atoms with van der Waals surface area (Å²) in [6.07, 6.45) is 1.79. The lowest BCUT2D eigenvalue weighted by molar-refractivity contribution is -0.114. The Morgan fingerprint density at radius 1 is 0.806 bits per heavy atom. The summed E-state index contributed by atoms with van der Waals surface area (Å²) in [4.78, 5) is 12.6. The van der Waals surface area contributed by atoms with E-state index in [-0.39, 0.29) is 17.3 Å². The molecule has 0 spiro atoms. The molecule has 0 radical (unpaired) electrons. The van der Waals surface area contributed by atoms with E-state index >= 15 is 0 Å². The summed E-state index contributed by atoms with van der Waals surface area (Å²) < 4.78 is 26.9. The maximum Gasteiger partial charge on any atom is 0.243 e. The molecule has 1 amide bonds. The summed E-state index contributed by atoms with van der Waals surface area (Å²) in [7, 11) is -3.48. The number of carbonyl (C=O) groups is 1. The first kappa shape index (κ1) is 21.1. The predicted molar refractivity (Wildman–Crippen MR) is 123 cm³/mol. The zero-order valence-electron chi connectivity index (χ0n) is 17.1. The number of rotatable bonds is 7. The van der Waals surface area contributed by atoms with Gasteiger partial charge in [0.25, 0.3) is 0 Å². The van der Waals surface area contributed by atoms with Gasteiger partial charge in [0, 0.05) is 24.5 Å². The second-order valence-corrected chi connectivity index (χ2v) is 9.42. The zero-order valence-corrected chi connectivity index (χ0v) is 17.9. The van der Waals surface area contributed by atoms with Crippen LogP contribution in [0.3, 0.4) is 0 Å². The summed E-state index contributed by atoms with van der Waals surface area (Å²) in [5, 5.41) is 5.86. The third-order valence-corrected chi connectivity index (χ3v) is 7.16. The van der Waals surface area contributed by atoms with E-state index in [4.69, 9.17) is 0 Å². The Bertz CT molecular complexity index is 1140. The van der Waals surface area contributed by atoms with Crippen molar-refractivity contribution in [2.75, 3.05) is 30.3 Å². The summed E-state index contributed by atoms with van der Waals surface area (Å²) in [6.45, 7) is 1.16. The van der Waals surface area contributed by atoms with Gasteiger partial charge in [0.2, 0.25) is 15.9 Å². The van der Waals surface area contributed by atoms with Gasteiger partial charge in [-0.1, -0.05) is 48.5 Å². The highest BCUT2D eigenvalue weighted by Crippen LogP contribution is 2.23. The second kappa shape index (κ2) is 9.32. The van der Waals surface area contributed by atoms with Crippen molar-refractivity contribution in [3.05, 3.63) is 78.9 Å². The van der Waals surface area contributed by atoms with Crippen LogP contribution in [0, 0.1) is 0 Å². The molecule has 3 aromatic rings. The number of anilines is 2. The third kappa shape index (κ3) is 5.13.